The molecule has 0 unspecified atom stereocenters. The number of nitrogens with zero attached hydrogens (tertiary/aromatic N) is 4. The van der Waals surface area contributed by atoms with Gasteiger partial charge in [0.1, 0.15) is 17.3 Å². The summed E-state index contributed by atoms with van der Waals surface area (Å²) in [6, 6.07) is 1.68. The van der Waals surface area contributed by atoms with Crippen molar-refractivity contribution in [3.63, 3.8) is 0 Å². The zero-order chi connectivity index (χ0) is 18.5. The fraction of sp³-hybridized carbons (Fsp3) is 0.158. The first-order chi connectivity index (χ1) is 13.1. The van der Waals surface area contributed by atoms with Crippen LogP contribution in [0.1, 0.15) is 17.1 Å². The van der Waals surface area contributed by atoms with Crippen molar-refractivity contribution in [1.29, 1.82) is 0 Å². The van der Waals surface area contributed by atoms with E-state index in [1.165, 1.54) is 6.07 Å². The van der Waals surface area contributed by atoms with Gasteiger partial charge >= 0.3 is 6.01 Å². The Kier molecular flexibility index (Phi) is 3.33. The molecular weight excluding hydrogens is 347 g/mol. The molecule has 0 bridgehead atoms. The molecule has 0 saturated heterocycles. The van der Waals surface area contributed by atoms with Gasteiger partial charge < -0.3 is 15.0 Å². The SMILES string of the molecule is CNc1cc(F)c2c3c1[nH]c1nc(Oc4cnc(C)nc4)nc(c13)C=CC2. The smallest absolute Gasteiger partial charge is 0.324 e. The standard InChI is InChI=1S/C19H15FN6O/c1-9-22-7-10(8-23-9)27-19-24-13-5-3-4-11-12(20)6-14(21-2)17-15(11)16(13)18(25-17)26-19/h3,5-8,21H,4H2,1-2H3,(H,24,25,26). The summed E-state index contributed by atoms with van der Waals surface area (Å²) < 4.78 is 20.3. The molecule has 0 radical (unpaired) electrons. The lowest BCUT2D eigenvalue weighted by molar-refractivity contribution is 0.439. The van der Waals surface area contributed by atoms with E-state index >= 15 is 0 Å². The van der Waals surface area contributed by atoms with Gasteiger partial charge in [-0.2, -0.15) is 9.97 Å². The molecule has 1 aliphatic carbocycles. The number of aryl methyl sites for hydroxylation is 1. The van der Waals surface area contributed by atoms with E-state index in [-0.39, 0.29) is 11.8 Å². The first kappa shape index (κ1) is 15.7. The minimum atomic E-state index is -0.248. The first-order valence-corrected chi connectivity index (χ1v) is 8.49. The Labute approximate surface area is 153 Å². The van der Waals surface area contributed by atoms with Crippen LogP contribution in [-0.4, -0.2) is 32.0 Å². The number of allylic oxidation sites excluding steroid dienone is 1. The number of ether oxygens (including phenoxy) is 1. The topological polar surface area (TPSA) is 88.6 Å². The summed E-state index contributed by atoms with van der Waals surface area (Å²) in [5.74, 6) is 0.851. The number of benzene rings is 1. The van der Waals surface area contributed by atoms with Crippen molar-refractivity contribution < 1.29 is 9.13 Å². The highest BCUT2D eigenvalue weighted by Crippen LogP contribution is 2.38. The molecular formula is C19H15FN6O. The summed E-state index contributed by atoms with van der Waals surface area (Å²) in [5.41, 5.74) is 3.38. The maximum atomic E-state index is 14.6. The lowest BCUT2D eigenvalue weighted by Gasteiger charge is -2.07. The largest absolute Gasteiger partial charge is 0.421 e. The highest BCUT2D eigenvalue weighted by Gasteiger charge is 2.22. The number of aromatic nitrogens is 5. The molecule has 0 aliphatic heterocycles. The molecule has 5 rings (SSSR count). The van der Waals surface area contributed by atoms with Crippen LogP contribution < -0.4 is 10.1 Å². The predicted molar refractivity (Wildman–Crippen MR) is 100 cm³/mol. The van der Waals surface area contributed by atoms with Gasteiger partial charge in [0, 0.05) is 18.0 Å². The van der Waals surface area contributed by atoms with Crippen molar-refractivity contribution in [3.05, 3.63) is 47.4 Å². The van der Waals surface area contributed by atoms with E-state index in [1.54, 1.807) is 26.4 Å². The average Bonchev–Trinajstić information content (AvgIpc) is 2.92. The van der Waals surface area contributed by atoms with Crippen molar-refractivity contribution in [2.75, 3.05) is 12.4 Å². The van der Waals surface area contributed by atoms with Crippen molar-refractivity contribution in [2.45, 2.75) is 13.3 Å². The molecule has 0 amide bonds. The molecule has 0 spiro atoms. The van der Waals surface area contributed by atoms with Crippen molar-refractivity contribution in [1.82, 2.24) is 24.9 Å². The fourth-order valence-corrected chi connectivity index (χ4v) is 3.40. The van der Waals surface area contributed by atoms with Gasteiger partial charge in [-0.3, -0.25) is 0 Å². The van der Waals surface area contributed by atoms with Crippen molar-refractivity contribution in [3.8, 4) is 11.8 Å². The van der Waals surface area contributed by atoms with Crippen LogP contribution in [0.15, 0.2) is 24.5 Å². The first-order valence-electron chi connectivity index (χ1n) is 8.49. The molecule has 134 valence electrons. The summed E-state index contributed by atoms with van der Waals surface area (Å²) in [7, 11) is 1.76. The number of aromatic amines is 1. The van der Waals surface area contributed by atoms with Crippen LogP contribution in [-0.2, 0) is 6.42 Å². The summed E-state index contributed by atoms with van der Waals surface area (Å²) in [6.07, 6.45) is 7.39. The quantitative estimate of drug-likeness (QED) is 0.577. The summed E-state index contributed by atoms with van der Waals surface area (Å²) in [5, 5.41) is 4.63. The zero-order valence-electron chi connectivity index (χ0n) is 14.7. The Morgan fingerprint density at radius 3 is 2.78 bits per heavy atom. The fourth-order valence-electron chi connectivity index (χ4n) is 3.40. The van der Waals surface area contributed by atoms with Crippen molar-refractivity contribution >= 4 is 33.7 Å². The molecule has 2 N–H and O–H groups in total. The maximum Gasteiger partial charge on any atom is 0.324 e. The zero-order valence-corrected chi connectivity index (χ0v) is 14.7. The van der Waals surface area contributed by atoms with E-state index < -0.39 is 0 Å². The van der Waals surface area contributed by atoms with E-state index in [4.69, 9.17) is 4.74 Å². The van der Waals surface area contributed by atoms with Crippen LogP contribution in [0.4, 0.5) is 10.1 Å². The van der Waals surface area contributed by atoms with Gasteiger partial charge in [-0.15, -0.1) is 0 Å². The molecule has 0 atom stereocenters. The molecule has 0 fully saturated rings. The molecule has 1 aliphatic rings. The van der Waals surface area contributed by atoms with Gasteiger partial charge in [0.15, 0.2) is 5.75 Å². The van der Waals surface area contributed by atoms with Gasteiger partial charge in [-0.1, -0.05) is 6.08 Å². The second-order valence-electron chi connectivity index (χ2n) is 6.30. The number of nitrogens with one attached hydrogen (secondary N) is 2. The third-order valence-electron chi connectivity index (χ3n) is 4.62. The second-order valence-corrected chi connectivity index (χ2v) is 6.30. The summed E-state index contributed by atoms with van der Waals surface area (Å²) in [4.78, 5) is 20.5. The minimum Gasteiger partial charge on any atom is -0.421 e. The van der Waals surface area contributed by atoms with Gasteiger partial charge in [0.2, 0.25) is 0 Å². The molecule has 7 nitrogen and oxygen atoms in total. The van der Waals surface area contributed by atoms with E-state index in [2.05, 4.69) is 30.2 Å². The van der Waals surface area contributed by atoms with Crippen LogP contribution in [0.5, 0.6) is 11.8 Å². The molecule has 0 saturated carbocycles. The number of anilines is 1. The second kappa shape index (κ2) is 5.73. The third-order valence-corrected chi connectivity index (χ3v) is 4.62. The van der Waals surface area contributed by atoms with E-state index in [9.17, 15) is 4.39 Å². The Morgan fingerprint density at radius 2 is 2.00 bits per heavy atom. The van der Waals surface area contributed by atoms with Crippen LogP contribution in [0.25, 0.3) is 28.0 Å². The third kappa shape index (κ3) is 2.41. The highest BCUT2D eigenvalue weighted by atomic mass is 19.1. The highest BCUT2D eigenvalue weighted by molar-refractivity contribution is 6.14. The predicted octanol–water partition coefficient (Wildman–Crippen LogP) is 3.75. The van der Waals surface area contributed by atoms with E-state index in [1.807, 2.05) is 12.2 Å². The number of halogens is 1. The molecule has 27 heavy (non-hydrogen) atoms. The number of rotatable bonds is 3. The summed E-state index contributed by atoms with van der Waals surface area (Å²) in [6.45, 7) is 1.80. The normalized spacial score (nSPS) is 12.7. The van der Waals surface area contributed by atoms with E-state index in [0.29, 0.717) is 40.6 Å². The Morgan fingerprint density at radius 1 is 1.19 bits per heavy atom. The van der Waals surface area contributed by atoms with Crippen LogP contribution in [0.2, 0.25) is 0 Å². The summed E-state index contributed by atoms with van der Waals surface area (Å²) >= 11 is 0. The Balaban J connectivity index is 1.75. The van der Waals surface area contributed by atoms with Crippen LogP contribution in [0.3, 0.4) is 0 Å². The Hall–Kier alpha value is -3.55. The number of hydrogen-bond donors (Lipinski definition) is 2. The molecule has 1 aromatic carbocycles. The number of H-pyrrole nitrogens is 1. The maximum absolute atomic E-state index is 14.6. The van der Waals surface area contributed by atoms with Crippen molar-refractivity contribution in [2.24, 2.45) is 0 Å². The number of hydrogen-bond acceptors (Lipinski definition) is 6. The van der Waals surface area contributed by atoms with Crippen LogP contribution in [0, 0.1) is 12.7 Å². The van der Waals surface area contributed by atoms with Gasteiger partial charge in [0.25, 0.3) is 0 Å². The van der Waals surface area contributed by atoms with Gasteiger partial charge in [-0.05, 0) is 25.5 Å². The molecule has 8 heteroatoms. The molecule has 3 aromatic heterocycles. The Bertz CT molecular complexity index is 1230. The van der Waals surface area contributed by atoms with Gasteiger partial charge in [-0.25, -0.2) is 14.4 Å². The molecule has 3 heterocycles. The van der Waals surface area contributed by atoms with E-state index in [0.717, 1.165) is 16.3 Å². The van der Waals surface area contributed by atoms with Crippen LogP contribution >= 0.6 is 0 Å². The average molecular weight is 362 g/mol. The molecule has 4 aromatic rings. The lowest BCUT2D eigenvalue weighted by atomic mass is 10.0. The van der Waals surface area contributed by atoms with Gasteiger partial charge in [0.05, 0.1) is 34.7 Å². The minimum absolute atomic E-state index is 0.177. The monoisotopic (exact) mass is 362 g/mol. The lowest BCUT2D eigenvalue weighted by Crippen LogP contribution is -1.96.